The molecular weight excluding hydrogens is 462 g/mol. The Morgan fingerprint density at radius 1 is 1.34 bits per heavy atom. The Labute approximate surface area is 189 Å². The first-order valence-electron chi connectivity index (χ1n) is 9.90. The van der Waals surface area contributed by atoms with Crippen LogP contribution in [0.4, 0.5) is 14.6 Å². The lowest BCUT2D eigenvalue weighted by Gasteiger charge is -2.50. The number of nitrogens with one attached hydrogen (secondary N) is 2. The van der Waals surface area contributed by atoms with Gasteiger partial charge in [0.2, 0.25) is 0 Å². The molecule has 1 saturated heterocycles. The Bertz CT molecular complexity index is 1210. The number of amides is 1. The number of hydrogen-bond acceptors (Lipinski definition) is 6. The van der Waals surface area contributed by atoms with E-state index < -0.39 is 43.2 Å². The summed E-state index contributed by atoms with van der Waals surface area (Å²) < 4.78 is 44.4. The van der Waals surface area contributed by atoms with E-state index in [2.05, 4.69) is 25.0 Å². The minimum atomic E-state index is -3.10. The number of hydrogen-bond donors (Lipinski definition) is 4. The zero-order valence-corrected chi connectivity index (χ0v) is 19.3. The number of rotatable bonds is 3. The lowest BCUT2D eigenvalue weighted by Crippen LogP contribution is -2.64. The minimum Gasteiger partial charge on any atom is -0.386 e. The van der Waals surface area contributed by atoms with Crippen molar-refractivity contribution in [2.24, 2.45) is 10.7 Å². The number of anilines is 1. The maximum Gasteiger partial charge on any atom is 0.276 e. The Balaban J connectivity index is 1.75. The van der Waals surface area contributed by atoms with Crippen molar-refractivity contribution in [3.8, 4) is 0 Å². The highest BCUT2D eigenvalue weighted by Gasteiger charge is 2.59. The van der Waals surface area contributed by atoms with Crippen LogP contribution in [0.25, 0.3) is 0 Å². The number of nitrogens with zero attached hydrogens (tertiary/aromatic N) is 3. The number of carbonyl (C=O) groups is 1. The number of thiol groups is 1. The summed E-state index contributed by atoms with van der Waals surface area (Å²) in [4.78, 5) is 25.1. The summed E-state index contributed by atoms with van der Waals surface area (Å²) in [5.41, 5.74) is 4.60. The second-order valence-corrected chi connectivity index (χ2v) is 12.3. The van der Waals surface area contributed by atoms with Crippen LogP contribution >= 0.6 is 11.6 Å². The number of aromatic nitrogens is 2. The SMILES string of the molecule is CC1(C)C(N)=N[C@](C)(c2nc(NC(=O)c3ncc(F)cc3Cl)ccc2F)[C@@H]2CCN[SH]21=O. The molecule has 2 atom stereocenters. The highest BCUT2D eigenvalue weighted by Crippen LogP contribution is 2.48. The van der Waals surface area contributed by atoms with Crippen molar-refractivity contribution in [2.75, 3.05) is 11.9 Å². The summed E-state index contributed by atoms with van der Waals surface area (Å²) in [5, 5.41) is 1.78. The fourth-order valence-corrected chi connectivity index (χ4v) is 8.21. The van der Waals surface area contributed by atoms with Crippen molar-refractivity contribution < 1.29 is 17.8 Å². The van der Waals surface area contributed by atoms with Gasteiger partial charge >= 0.3 is 0 Å². The topological polar surface area (TPSA) is 122 Å². The van der Waals surface area contributed by atoms with Gasteiger partial charge in [0.25, 0.3) is 5.91 Å². The Hall–Kier alpha value is -2.50. The maximum absolute atomic E-state index is 15.0. The molecule has 2 aliphatic heterocycles. The van der Waals surface area contributed by atoms with Gasteiger partial charge in [-0.05, 0) is 55.5 Å². The van der Waals surface area contributed by atoms with E-state index >= 15 is 0 Å². The highest BCUT2D eigenvalue weighted by molar-refractivity contribution is 8.04. The smallest absolute Gasteiger partial charge is 0.276 e. The summed E-state index contributed by atoms with van der Waals surface area (Å²) in [6.45, 7) is 5.65. The molecule has 0 saturated carbocycles. The van der Waals surface area contributed by atoms with Gasteiger partial charge in [0.1, 0.15) is 40.2 Å². The molecule has 2 aromatic heterocycles. The predicted octanol–water partition coefficient (Wildman–Crippen LogP) is 2.32. The van der Waals surface area contributed by atoms with Crippen LogP contribution in [0.5, 0.6) is 0 Å². The highest BCUT2D eigenvalue weighted by atomic mass is 35.5. The molecule has 4 N–H and O–H groups in total. The molecule has 12 heteroatoms. The first kappa shape index (κ1) is 22.7. The van der Waals surface area contributed by atoms with E-state index in [0.29, 0.717) is 13.0 Å². The van der Waals surface area contributed by atoms with Crippen LogP contribution in [0.1, 0.15) is 43.4 Å². The largest absolute Gasteiger partial charge is 0.386 e. The fourth-order valence-electron chi connectivity index (χ4n) is 4.35. The molecule has 4 heterocycles. The molecule has 32 heavy (non-hydrogen) atoms. The van der Waals surface area contributed by atoms with Crippen molar-refractivity contribution in [3.63, 3.8) is 0 Å². The molecule has 0 spiro atoms. The van der Waals surface area contributed by atoms with Crippen LogP contribution in [0.2, 0.25) is 5.02 Å². The van der Waals surface area contributed by atoms with Crippen LogP contribution in [0.3, 0.4) is 0 Å². The molecule has 0 aliphatic carbocycles. The van der Waals surface area contributed by atoms with E-state index in [9.17, 15) is 17.8 Å². The van der Waals surface area contributed by atoms with E-state index in [1.807, 2.05) is 0 Å². The lowest BCUT2D eigenvalue weighted by molar-refractivity contribution is 0.102. The number of halogens is 3. The van der Waals surface area contributed by atoms with Gasteiger partial charge in [0.15, 0.2) is 0 Å². The van der Waals surface area contributed by atoms with Gasteiger partial charge in [-0.1, -0.05) is 11.6 Å². The van der Waals surface area contributed by atoms with Gasteiger partial charge in [-0.3, -0.25) is 18.7 Å². The third-order valence-corrected chi connectivity index (χ3v) is 10.8. The predicted molar refractivity (Wildman–Crippen MR) is 120 cm³/mol. The Morgan fingerprint density at radius 3 is 2.75 bits per heavy atom. The second-order valence-electron chi connectivity index (χ2n) is 8.54. The molecule has 0 radical (unpaired) electrons. The van der Waals surface area contributed by atoms with Crippen molar-refractivity contribution in [1.29, 1.82) is 0 Å². The Kier molecular flexibility index (Phi) is 5.34. The number of fused-ring (bicyclic) bond motifs is 1. The summed E-state index contributed by atoms with van der Waals surface area (Å²) in [7, 11) is -3.10. The maximum atomic E-state index is 15.0. The second kappa shape index (κ2) is 7.53. The summed E-state index contributed by atoms with van der Waals surface area (Å²) >= 11 is 5.90. The zero-order valence-electron chi connectivity index (χ0n) is 17.6. The standard InChI is InChI=1S/C20H23ClF2N6O2S/c1-19(2)18(24)29-20(3,13-6-7-26-32(13,19)31)16-12(23)4-5-14(27-16)28-17(30)15-11(21)8-10(22)9-25-15/h4-5,8-9,13,32H,6-7H2,1-3H3,(H2,24,29)(H,26,31)(H,27,28,30)/t13-,20-/m0/s1. The summed E-state index contributed by atoms with van der Waals surface area (Å²) in [6, 6.07) is 3.37. The number of amidine groups is 1. The Morgan fingerprint density at radius 2 is 2.06 bits per heavy atom. The van der Waals surface area contributed by atoms with Crippen LogP contribution < -0.4 is 15.8 Å². The number of aliphatic imine (C=N–C) groups is 1. The first-order valence-corrected chi connectivity index (χ1v) is 12.1. The molecule has 0 aromatic carbocycles. The van der Waals surface area contributed by atoms with E-state index in [1.165, 1.54) is 6.07 Å². The van der Waals surface area contributed by atoms with Crippen LogP contribution in [0, 0.1) is 11.6 Å². The molecule has 0 unspecified atom stereocenters. The average Bonchev–Trinajstić information content (AvgIpc) is 3.13. The molecule has 8 nitrogen and oxygen atoms in total. The van der Waals surface area contributed by atoms with Gasteiger partial charge in [-0.25, -0.2) is 18.7 Å². The average molecular weight is 485 g/mol. The number of carbonyl (C=O) groups excluding carboxylic acids is 1. The lowest BCUT2D eigenvalue weighted by atomic mass is 9.90. The third-order valence-electron chi connectivity index (χ3n) is 6.25. The van der Waals surface area contributed by atoms with Crippen molar-refractivity contribution in [3.05, 3.63) is 52.4 Å². The molecule has 172 valence electrons. The van der Waals surface area contributed by atoms with Gasteiger partial charge in [0.05, 0.1) is 21.2 Å². The molecule has 1 fully saturated rings. The molecule has 0 bridgehead atoms. The molecule has 4 rings (SSSR count). The van der Waals surface area contributed by atoms with Crippen molar-refractivity contribution in [2.45, 2.75) is 42.7 Å². The van der Waals surface area contributed by atoms with Crippen LogP contribution in [-0.2, 0) is 15.7 Å². The molecule has 1 amide bonds. The van der Waals surface area contributed by atoms with Crippen molar-refractivity contribution >= 4 is 39.3 Å². The number of pyridine rings is 2. The van der Waals surface area contributed by atoms with E-state index in [1.54, 1.807) is 20.8 Å². The zero-order chi connectivity index (χ0) is 23.5. The van der Waals surface area contributed by atoms with E-state index in [-0.39, 0.29) is 28.1 Å². The number of nitrogens with two attached hydrogens (primary N) is 1. The molecule has 2 aliphatic rings. The van der Waals surface area contributed by atoms with E-state index in [4.69, 9.17) is 17.3 Å². The van der Waals surface area contributed by atoms with Crippen LogP contribution in [0.15, 0.2) is 29.4 Å². The van der Waals surface area contributed by atoms with Crippen LogP contribution in [-0.4, -0.2) is 42.5 Å². The van der Waals surface area contributed by atoms with Gasteiger partial charge in [0, 0.05) is 6.54 Å². The fraction of sp³-hybridized carbons (Fsp3) is 0.400. The van der Waals surface area contributed by atoms with E-state index in [0.717, 1.165) is 18.3 Å². The minimum absolute atomic E-state index is 0.00853. The first-order chi connectivity index (χ1) is 14.9. The quantitative estimate of drug-likeness (QED) is 0.498. The van der Waals surface area contributed by atoms with Crippen molar-refractivity contribution in [1.82, 2.24) is 14.7 Å². The molecular formula is C20H23ClF2N6O2S. The third kappa shape index (κ3) is 3.30. The molecule has 2 aromatic rings. The van der Waals surface area contributed by atoms with Gasteiger partial charge < -0.3 is 11.1 Å². The van der Waals surface area contributed by atoms with Gasteiger partial charge in [-0.2, -0.15) is 0 Å². The van der Waals surface area contributed by atoms with Gasteiger partial charge in [-0.15, -0.1) is 0 Å². The summed E-state index contributed by atoms with van der Waals surface area (Å²) in [5.74, 6) is -1.95. The monoisotopic (exact) mass is 484 g/mol. The summed E-state index contributed by atoms with van der Waals surface area (Å²) in [6.07, 6.45) is 1.36. The normalized spacial score (nSPS) is 26.7.